The molecule has 0 aliphatic carbocycles. The number of nitrogens with zero attached hydrogens (tertiary/aromatic N) is 2. The highest BCUT2D eigenvalue weighted by Gasteiger charge is 2.09. The largest absolute Gasteiger partial charge is 0.348 e. The van der Waals surface area contributed by atoms with Crippen LogP contribution in [0.25, 0.3) is 0 Å². The summed E-state index contributed by atoms with van der Waals surface area (Å²) in [7, 11) is 0. The molecule has 2 N–H and O–H groups in total. The number of benzene rings is 1. The molecule has 0 spiro atoms. The van der Waals surface area contributed by atoms with Gasteiger partial charge in [0, 0.05) is 35.5 Å². The van der Waals surface area contributed by atoms with Crippen LogP contribution in [0, 0.1) is 17.0 Å². The molecule has 0 aliphatic heterocycles. The summed E-state index contributed by atoms with van der Waals surface area (Å²) in [5.74, 6) is -0.282. The van der Waals surface area contributed by atoms with Crippen LogP contribution in [-0.2, 0) is 6.54 Å². The van der Waals surface area contributed by atoms with Gasteiger partial charge in [-0.2, -0.15) is 5.10 Å². The van der Waals surface area contributed by atoms with Crippen LogP contribution in [0.4, 0.5) is 5.69 Å². The van der Waals surface area contributed by atoms with Crippen LogP contribution in [0.15, 0.2) is 30.5 Å². The van der Waals surface area contributed by atoms with Crippen molar-refractivity contribution in [1.29, 1.82) is 0 Å². The van der Waals surface area contributed by atoms with Crippen molar-refractivity contribution in [1.82, 2.24) is 15.5 Å². The number of carbonyl (C=O) groups is 1. The second-order valence-electron chi connectivity index (χ2n) is 4.01. The number of aromatic amines is 1. The van der Waals surface area contributed by atoms with Gasteiger partial charge in [-0.3, -0.25) is 20.0 Å². The summed E-state index contributed by atoms with van der Waals surface area (Å²) in [6, 6.07) is 5.46. The molecule has 1 heterocycles. The maximum absolute atomic E-state index is 11.8. The third-order valence-corrected chi connectivity index (χ3v) is 2.71. The van der Waals surface area contributed by atoms with E-state index in [0.717, 1.165) is 11.3 Å². The van der Waals surface area contributed by atoms with Crippen molar-refractivity contribution < 1.29 is 9.72 Å². The Kier molecular flexibility index (Phi) is 3.56. The maximum atomic E-state index is 11.8. The minimum absolute atomic E-state index is 0.0396. The van der Waals surface area contributed by atoms with Gasteiger partial charge >= 0.3 is 0 Å². The van der Waals surface area contributed by atoms with Gasteiger partial charge in [0.2, 0.25) is 0 Å². The van der Waals surface area contributed by atoms with E-state index in [1.54, 1.807) is 6.20 Å². The minimum atomic E-state index is -0.503. The first-order valence-electron chi connectivity index (χ1n) is 5.59. The lowest BCUT2D eigenvalue weighted by atomic mass is 10.2. The molecular formula is C12H12N4O3. The molecule has 1 aromatic carbocycles. The average Bonchev–Trinajstić information content (AvgIpc) is 2.81. The van der Waals surface area contributed by atoms with E-state index in [9.17, 15) is 14.9 Å². The van der Waals surface area contributed by atoms with E-state index in [0.29, 0.717) is 12.1 Å². The molecule has 0 atom stereocenters. The van der Waals surface area contributed by atoms with E-state index >= 15 is 0 Å². The van der Waals surface area contributed by atoms with Crippen LogP contribution < -0.4 is 5.32 Å². The number of non-ortho nitro benzene ring substituents is 1. The molecule has 98 valence electrons. The SMILES string of the molecule is Cc1[nH]ncc1CNC(=O)c1ccc([N+](=O)[O-])cc1. The van der Waals surface area contributed by atoms with Crippen molar-refractivity contribution in [3.63, 3.8) is 0 Å². The monoisotopic (exact) mass is 260 g/mol. The predicted molar refractivity (Wildman–Crippen MR) is 67.6 cm³/mol. The summed E-state index contributed by atoms with van der Waals surface area (Å²) in [4.78, 5) is 21.8. The smallest absolute Gasteiger partial charge is 0.269 e. The third-order valence-electron chi connectivity index (χ3n) is 2.71. The molecule has 19 heavy (non-hydrogen) atoms. The number of nitrogens with one attached hydrogen (secondary N) is 2. The zero-order valence-electron chi connectivity index (χ0n) is 10.2. The Morgan fingerprint density at radius 1 is 1.42 bits per heavy atom. The number of amides is 1. The van der Waals surface area contributed by atoms with Crippen molar-refractivity contribution in [2.75, 3.05) is 0 Å². The van der Waals surface area contributed by atoms with Crippen molar-refractivity contribution in [2.45, 2.75) is 13.5 Å². The number of hydrogen-bond donors (Lipinski definition) is 2. The van der Waals surface area contributed by atoms with E-state index in [1.807, 2.05) is 6.92 Å². The van der Waals surface area contributed by atoms with Crippen LogP contribution in [0.1, 0.15) is 21.6 Å². The quantitative estimate of drug-likeness (QED) is 0.643. The number of hydrogen-bond acceptors (Lipinski definition) is 4. The molecule has 0 bridgehead atoms. The summed E-state index contributed by atoms with van der Waals surface area (Å²) in [5, 5.41) is 19.8. The number of nitro benzene ring substituents is 1. The van der Waals surface area contributed by atoms with Gasteiger partial charge in [0.25, 0.3) is 11.6 Å². The average molecular weight is 260 g/mol. The van der Waals surface area contributed by atoms with Gasteiger partial charge in [-0.05, 0) is 19.1 Å². The summed E-state index contributed by atoms with van der Waals surface area (Å²) in [5.41, 5.74) is 2.13. The van der Waals surface area contributed by atoms with Gasteiger partial charge in [-0.25, -0.2) is 0 Å². The summed E-state index contributed by atoms with van der Waals surface area (Å²) in [6.45, 7) is 2.22. The molecule has 1 aromatic heterocycles. The molecule has 0 aliphatic rings. The zero-order valence-corrected chi connectivity index (χ0v) is 10.2. The Morgan fingerprint density at radius 3 is 2.63 bits per heavy atom. The third kappa shape index (κ3) is 2.95. The number of H-pyrrole nitrogens is 1. The zero-order chi connectivity index (χ0) is 13.8. The predicted octanol–water partition coefficient (Wildman–Crippen LogP) is 1.56. The van der Waals surface area contributed by atoms with E-state index < -0.39 is 4.92 Å². The molecule has 0 saturated heterocycles. The summed E-state index contributed by atoms with van der Waals surface area (Å²) in [6.07, 6.45) is 1.64. The van der Waals surface area contributed by atoms with E-state index in [4.69, 9.17) is 0 Å². The normalized spacial score (nSPS) is 10.2. The topological polar surface area (TPSA) is 101 Å². The molecule has 0 radical (unpaired) electrons. The van der Waals surface area contributed by atoms with Crippen LogP contribution >= 0.6 is 0 Å². The molecule has 0 unspecified atom stereocenters. The Balaban J connectivity index is 2.00. The van der Waals surface area contributed by atoms with E-state index in [-0.39, 0.29) is 11.6 Å². The molecule has 2 rings (SSSR count). The van der Waals surface area contributed by atoms with Gasteiger partial charge in [-0.1, -0.05) is 0 Å². The highest BCUT2D eigenvalue weighted by Crippen LogP contribution is 2.12. The number of aryl methyl sites for hydroxylation is 1. The van der Waals surface area contributed by atoms with Gasteiger partial charge in [0.1, 0.15) is 0 Å². The Hall–Kier alpha value is -2.70. The molecule has 1 amide bonds. The first-order chi connectivity index (χ1) is 9.08. The first kappa shape index (κ1) is 12.7. The summed E-state index contributed by atoms with van der Waals surface area (Å²) < 4.78 is 0. The van der Waals surface area contributed by atoms with Crippen LogP contribution in [0.3, 0.4) is 0 Å². The fourth-order valence-corrected chi connectivity index (χ4v) is 1.57. The fourth-order valence-electron chi connectivity index (χ4n) is 1.57. The Morgan fingerprint density at radius 2 is 2.11 bits per heavy atom. The fraction of sp³-hybridized carbons (Fsp3) is 0.167. The maximum Gasteiger partial charge on any atom is 0.269 e. The van der Waals surface area contributed by atoms with Gasteiger partial charge in [0.15, 0.2) is 0 Å². The lowest BCUT2D eigenvalue weighted by Crippen LogP contribution is -2.22. The molecule has 7 heteroatoms. The van der Waals surface area contributed by atoms with Crippen LogP contribution in [-0.4, -0.2) is 21.0 Å². The van der Waals surface area contributed by atoms with E-state index in [1.165, 1.54) is 24.3 Å². The van der Waals surface area contributed by atoms with Gasteiger partial charge < -0.3 is 5.32 Å². The molecule has 7 nitrogen and oxygen atoms in total. The van der Waals surface area contributed by atoms with Crippen molar-refractivity contribution >= 4 is 11.6 Å². The van der Waals surface area contributed by atoms with Crippen molar-refractivity contribution in [2.24, 2.45) is 0 Å². The second-order valence-corrected chi connectivity index (χ2v) is 4.01. The van der Waals surface area contributed by atoms with E-state index in [2.05, 4.69) is 15.5 Å². The number of nitro groups is 1. The lowest BCUT2D eigenvalue weighted by Gasteiger charge is -2.04. The number of carbonyl (C=O) groups excluding carboxylic acids is 1. The first-order valence-corrected chi connectivity index (χ1v) is 5.59. The van der Waals surface area contributed by atoms with Crippen molar-refractivity contribution in [3.05, 3.63) is 57.4 Å². The Labute approximate surface area is 108 Å². The number of aromatic nitrogens is 2. The standard InChI is InChI=1S/C12H12N4O3/c1-8-10(7-14-15-8)6-13-12(17)9-2-4-11(5-3-9)16(18)19/h2-5,7H,6H2,1H3,(H,13,17)(H,14,15). The highest BCUT2D eigenvalue weighted by molar-refractivity contribution is 5.94. The van der Waals surface area contributed by atoms with Crippen LogP contribution in [0.2, 0.25) is 0 Å². The van der Waals surface area contributed by atoms with Crippen LogP contribution in [0.5, 0.6) is 0 Å². The van der Waals surface area contributed by atoms with Crippen molar-refractivity contribution in [3.8, 4) is 0 Å². The highest BCUT2D eigenvalue weighted by atomic mass is 16.6. The molecule has 0 saturated carbocycles. The second kappa shape index (κ2) is 5.30. The molecule has 0 fully saturated rings. The lowest BCUT2D eigenvalue weighted by molar-refractivity contribution is -0.384. The minimum Gasteiger partial charge on any atom is -0.348 e. The summed E-state index contributed by atoms with van der Waals surface area (Å²) >= 11 is 0. The van der Waals surface area contributed by atoms with Gasteiger partial charge in [0.05, 0.1) is 11.1 Å². The van der Waals surface area contributed by atoms with Gasteiger partial charge in [-0.15, -0.1) is 0 Å². The Bertz CT molecular complexity index is 604. The molecule has 2 aromatic rings. The molecular weight excluding hydrogens is 248 g/mol. The number of rotatable bonds is 4.